The van der Waals surface area contributed by atoms with Crippen LogP contribution in [0.1, 0.15) is 12.0 Å². The molecule has 19 heavy (non-hydrogen) atoms. The smallest absolute Gasteiger partial charge is 0.326 e. The SMILES string of the molecule is O=C(O)C1CC(O)CN1C(=O)NCc1cccnc1. The maximum Gasteiger partial charge on any atom is 0.326 e. The van der Waals surface area contributed by atoms with Crippen molar-refractivity contribution in [1.29, 1.82) is 0 Å². The molecule has 1 saturated heterocycles. The lowest BCUT2D eigenvalue weighted by Crippen LogP contribution is -2.45. The molecular weight excluding hydrogens is 250 g/mol. The average molecular weight is 265 g/mol. The molecule has 2 amide bonds. The van der Waals surface area contributed by atoms with Gasteiger partial charge in [-0.1, -0.05) is 6.07 Å². The molecule has 2 unspecified atom stereocenters. The standard InChI is InChI=1S/C12H15N3O4/c16-9-4-10(11(17)18)15(7-9)12(19)14-6-8-2-1-3-13-5-8/h1-3,5,9-10,16H,4,6-7H2,(H,14,19)(H,17,18). The molecule has 7 heteroatoms. The van der Waals surface area contributed by atoms with Gasteiger partial charge in [0, 0.05) is 31.9 Å². The number of aliphatic hydroxyl groups is 1. The molecule has 3 N–H and O–H groups in total. The summed E-state index contributed by atoms with van der Waals surface area (Å²) in [5, 5.41) is 21.1. The molecule has 0 spiro atoms. The molecule has 102 valence electrons. The summed E-state index contributed by atoms with van der Waals surface area (Å²) in [6.07, 6.45) is 2.52. The van der Waals surface area contributed by atoms with Crippen LogP contribution < -0.4 is 5.32 Å². The minimum Gasteiger partial charge on any atom is -0.480 e. The number of carboxylic acid groups (broad SMARTS) is 1. The molecule has 0 radical (unpaired) electrons. The van der Waals surface area contributed by atoms with Gasteiger partial charge in [0.05, 0.1) is 6.10 Å². The van der Waals surface area contributed by atoms with Crippen molar-refractivity contribution in [3.8, 4) is 0 Å². The summed E-state index contributed by atoms with van der Waals surface area (Å²) < 4.78 is 0. The van der Waals surface area contributed by atoms with Crippen LogP contribution >= 0.6 is 0 Å². The summed E-state index contributed by atoms with van der Waals surface area (Å²) in [6, 6.07) is 2.10. The lowest BCUT2D eigenvalue weighted by atomic mass is 10.2. The number of amides is 2. The van der Waals surface area contributed by atoms with E-state index in [9.17, 15) is 14.7 Å². The zero-order chi connectivity index (χ0) is 13.8. The quantitative estimate of drug-likeness (QED) is 0.703. The number of rotatable bonds is 3. The van der Waals surface area contributed by atoms with E-state index in [2.05, 4.69) is 10.3 Å². The van der Waals surface area contributed by atoms with E-state index in [1.807, 2.05) is 0 Å². The minimum atomic E-state index is -1.10. The van der Waals surface area contributed by atoms with Gasteiger partial charge in [-0.2, -0.15) is 0 Å². The first-order chi connectivity index (χ1) is 9.08. The van der Waals surface area contributed by atoms with E-state index in [0.29, 0.717) is 0 Å². The number of aliphatic carboxylic acids is 1. The van der Waals surface area contributed by atoms with Crippen molar-refractivity contribution >= 4 is 12.0 Å². The molecule has 0 aliphatic carbocycles. The van der Waals surface area contributed by atoms with Gasteiger partial charge in [0.25, 0.3) is 0 Å². The van der Waals surface area contributed by atoms with E-state index >= 15 is 0 Å². The van der Waals surface area contributed by atoms with Gasteiger partial charge in [-0.3, -0.25) is 4.98 Å². The van der Waals surface area contributed by atoms with Crippen molar-refractivity contribution < 1.29 is 19.8 Å². The number of aliphatic hydroxyl groups excluding tert-OH is 1. The highest BCUT2D eigenvalue weighted by Gasteiger charge is 2.38. The molecule has 1 aliphatic rings. The Kier molecular flexibility index (Phi) is 3.96. The van der Waals surface area contributed by atoms with Gasteiger partial charge in [0.15, 0.2) is 0 Å². The fourth-order valence-corrected chi connectivity index (χ4v) is 2.05. The van der Waals surface area contributed by atoms with Crippen LogP contribution in [0.3, 0.4) is 0 Å². The number of nitrogens with one attached hydrogen (secondary N) is 1. The van der Waals surface area contributed by atoms with E-state index in [0.717, 1.165) is 10.5 Å². The Morgan fingerprint density at radius 3 is 2.95 bits per heavy atom. The lowest BCUT2D eigenvalue weighted by molar-refractivity contribution is -0.141. The van der Waals surface area contributed by atoms with Gasteiger partial charge in [-0.05, 0) is 11.6 Å². The van der Waals surface area contributed by atoms with Crippen molar-refractivity contribution in [1.82, 2.24) is 15.2 Å². The predicted molar refractivity (Wildman–Crippen MR) is 65.2 cm³/mol. The molecule has 2 heterocycles. The Balaban J connectivity index is 1.94. The fourth-order valence-electron chi connectivity index (χ4n) is 2.05. The van der Waals surface area contributed by atoms with Crippen LogP contribution in [0.25, 0.3) is 0 Å². The Labute approximate surface area is 109 Å². The molecule has 1 aliphatic heterocycles. The van der Waals surface area contributed by atoms with Crippen LogP contribution in [0.4, 0.5) is 4.79 Å². The zero-order valence-corrected chi connectivity index (χ0v) is 10.2. The molecule has 7 nitrogen and oxygen atoms in total. The zero-order valence-electron chi connectivity index (χ0n) is 10.2. The van der Waals surface area contributed by atoms with E-state index in [1.165, 1.54) is 0 Å². The second kappa shape index (κ2) is 5.66. The number of β-amino-alcohol motifs (C(OH)–C–C–N with tert-alkyl or cyclic N) is 1. The topological polar surface area (TPSA) is 103 Å². The van der Waals surface area contributed by atoms with Crippen LogP contribution in [-0.4, -0.2) is 50.8 Å². The van der Waals surface area contributed by atoms with Crippen molar-refractivity contribution in [3.05, 3.63) is 30.1 Å². The van der Waals surface area contributed by atoms with Crippen molar-refractivity contribution in [2.24, 2.45) is 0 Å². The first kappa shape index (κ1) is 13.3. The highest BCUT2D eigenvalue weighted by Crippen LogP contribution is 2.18. The van der Waals surface area contributed by atoms with E-state index in [-0.39, 0.29) is 19.5 Å². The van der Waals surface area contributed by atoms with Crippen LogP contribution in [0, 0.1) is 0 Å². The minimum absolute atomic E-state index is 0.0375. The average Bonchev–Trinajstić information content (AvgIpc) is 2.79. The van der Waals surface area contributed by atoms with E-state index < -0.39 is 24.1 Å². The number of nitrogens with zero attached hydrogens (tertiary/aromatic N) is 2. The third-order valence-corrected chi connectivity index (χ3v) is 2.99. The van der Waals surface area contributed by atoms with Gasteiger partial charge in [-0.15, -0.1) is 0 Å². The summed E-state index contributed by atoms with van der Waals surface area (Å²) in [6.45, 7) is 0.307. The summed E-state index contributed by atoms with van der Waals surface area (Å²) in [5.74, 6) is -1.10. The molecule has 0 bridgehead atoms. The third kappa shape index (κ3) is 3.19. The predicted octanol–water partition coefficient (Wildman–Crippen LogP) is -0.189. The van der Waals surface area contributed by atoms with Crippen molar-refractivity contribution in [2.45, 2.75) is 25.1 Å². The third-order valence-electron chi connectivity index (χ3n) is 2.99. The van der Waals surface area contributed by atoms with Gasteiger partial charge in [-0.25, -0.2) is 9.59 Å². The normalized spacial score (nSPS) is 22.3. The Morgan fingerprint density at radius 1 is 1.53 bits per heavy atom. The Bertz CT molecular complexity index is 465. The molecule has 1 aromatic rings. The Hall–Kier alpha value is -2.15. The van der Waals surface area contributed by atoms with Crippen LogP contribution in [-0.2, 0) is 11.3 Å². The summed E-state index contributed by atoms with van der Waals surface area (Å²) >= 11 is 0. The molecule has 0 saturated carbocycles. The number of pyridine rings is 1. The number of hydrogen-bond acceptors (Lipinski definition) is 4. The van der Waals surface area contributed by atoms with Gasteiger partial charge in [0.1, 0.15) is 6.04 Å². The Morgan fingerprint density at radius 2 is 2.32 bits per heavy atom. The van der Waals surface area contributed by atoms with Gasteiger partial charge < -0.3 is 20.4 Å². The van der Waals surface area contributed by atoms with E-state index in [4.69, 9.17) is 5.11 Å². The molecule has 1 aromatic heterocycles. The summed E-state index contributed by atoms with van der Waals surface area (Å²) in [4.78, 5) is 28.0. The molecule has 2 rings (SSSR count). The maximum atomic E-state index is 11.9. The van der Waals surface area contributed by atoms with Gasteiger partial charge in [0.2, 0.25) is 0 Å². The number of likely N-dealkylation sites (tertiary alicyclic amines) is 1. The van der Waals surface area contributed by atoms with Crippen molar-refractivity contribution in [3.63, 3.8) is 0 Å². The first-order valence-corrected chi connectivity index (χ1v) is 5.92. The molecule has 1 fully saturated rings. The number of carbonyl (C=O) groups is 2. The number of aromatic nitrogens is 1. The number of urea groups is 1. The second-order valence-corrected chi connectivity index (χ2v) is 4.42. The monoisotopic (exact) mass is 265 g/mol. The highest BCUT2D eigenvalue weighted by atomic mass is 16.4. The lowest BCUT2D eigenvalue weighted by Gasteiger charge is -2.21. The van der Waals surface area contributed by atoms with Crippen molar-refractivity contribution in [2.75, 3.05) is 6.54 Å². The largest absolute Gasteiger partial charge is 0.480 e. The van der Waals surface area contributed by atoms with Crippen LogP contribution in [0.2, 0.25) is 0 Å². The second-order valence-electron chi connectivity index (χ2n) is 4.42. The summed E-state index contributed by atoms with van der Waals surface area (Å²) in [5.41, 5.74) is 0.822. The van der Waals surface area contributed by atoms with Gasteiger partial charge >= 0.3 is 12.0 Å². The van der Waals surface area contributed by atoms with Crippen LogP contribution in [0.5, 0.6) is 0 Å². The highest BCUT2D eigenvalue weighted by molar-refractivity contribution is 5.83. The first-order valence-electron chi connectivity index (χ1n) is 5.92. The molecular formula is C12H15N3O4. The maximum absolute atomic E-state index is 11.9. The number of carboxylic acids is 1. The number of hydrogen-bond donors (Lipinski definition) is 3. The number of carbonyl (C=O) groups excluding carboxylic acids is 1. The molecule has 0 aromatic carbocycles. The van der Waals surface area contributed by atoms with E-state index in [1.54, 1.807) is 24.5 Å². The summed E-state index contributed by atoms with van der Waals surface area (Å²) in [7, 11) is 0. The molecule has 2 atom stereocenters. The van der Waals surface area contributed by atoms with Crippen LogP contribution in [0.15, 0.2) is 24.5 Å². The fraction of sp³-hybridized carbons (Fsp3) is 0.417.